The van der Waals surface area contributed by atoms with Crippen LogP contribution in [-0.4, -0.2) is 45.3 Å². The fourth-order valence-electron chi connectivity index (χ4n) is 4.95. The van der Waals surface area contributed by atoms with Gasteiger partial charge in [0.05, 0.1) is 25.7 Å². The van der Waals surface area contributed by atoms with E-state index in [9.17, 15) is 4.79 Å². The van der Waals surface area contributed by atoms with Gasteiger partial charge in [0, 0.05) is 20.0 Å². The maximum absolute atomic E-state index is 12.8. The molecule has 2 saturated carbocycles. The Hall–Kier alpha value is -0.750. The molecular formula is C19H30O5. The van der Waals surface area contributed by atoms with Crippen molar-refractivity contribution in [1.82, 2.24) is 0 Å². The van der Waals surface area contributed by atoms with Gasteiger partial charge in [0.2, 0.25) is 0 Å². The summed E-state index contributed by atoms with van der Waals surface area (Å²) in [6.07, 6.45) is 4.79. The van der Waals surface area contributed by atoms with Gasteiger partial charge >= 0.3 is 0 Å². The van der Waals surface area contributed by atoms with Crippen LogP contribution in [0, 0.1) is 17.3 Å². The highest BCUT2D eigenvalue weighted by Gasteiger charge is 2.59. The third kappa shape index (κ3) is 3.07. The molecule has 3 atom stereocenters. The van der Waals surface area contributed by atoms with Crippen LogP contribution in [0.4, 0.5) is 0 Å². The molecule has 2 unspecified atom stereocenters. The average Bonchev–Trinajstić information content (AvgIpc) is 3.01. The zero-order valence-corrected chi connectivity index (χ0v) is 15.0. The van der Waals surface area contributed by atoms with Crippen LogP contribution in [0.15, 0.2) is 12.2 Å². The van der Waals surface area contributed by atoms with Gasteiger partial charge in [0.1, 0.15) is 12.6 Å². The van der Waals surface area contributed by atoms with Crippen molar-refractivity contribution in [1.29, 1.82) is 0 Å². The van der Waals surface area contributed by atoms with E-state index in [-0.39, 0.29) is 11.3 Å². The molecule has 1 aliphatic heterocycles. The van der Waals surface area contributed by atoms with E-state index in [0.29, 0.717) is 44.7 Å². The second kappa shape index (κ2) is 7.24. The molecule has 3 rings (SSSR count). The topological polar surface area (TPSA) is 54.0 Å². The summed E-state index contributed by atoms with van der Waals surface area (Å²) in [7, 11) is 1.63. The van der Waals surface area contributed by atoms with Crippen molar-refractivity contribution >= 4 is 5.78 Å². The predicted octanol–water partition coefficient (Wildman–Crippen LogP) is 3.08. The van der Waals surface area contributed by atoms with E-state index in [1.54, 1.807) is 7.11 Å². The van der Waals surface area contributed by atoms with Crippen molar-refractivity contribution in [3.8, 4) is 0 Å². The van der Waals surface area contributed by atoms with Crippen molar-refractivity contribution in [3.63, 3.8) is 0 Å². The van der Waals surface area contributed by atoms with E-state index in [0.717, 1.165) is 32.1 Å². The van der Waals surface area contributed by atoms with Gasteiger partial charge in [-0.25, -0.2) is 0 Å². The summed E-state index contributed by atoms with van der Waals surface area (Å²) in [6.45, 7) is 8.75. The molecule has 1 saturated heterocycles. The molecule has 0 N–H and O–H groups in total. The van der Waals surface area contributed by atoms with E-state index in [4.69, 9.17) is 18.9 Å². The molecule has 3 aliphatic rings. The van der Waals surface area contributed by atoms with Crippen LogP contribution in [0.3, 0.4) is 0 Å². The fourth-order valence-corrected chi connectivity index (χ4v) is 4.95. The van der Waals surface area contributed by atoms with Gasteiger partial charge in [-0.05, 0) is 37.0 Å². The van der Waals surface area contributed by atoms with Gasteiger partial charge in [-0.3, -0.25) is 4.79 Å². The van der Waals surface area contributed by atoms with Crippen molar-refractivity contribution in [2.45, 2.75) is 51.2 Å². The Morgan fingerprint density at radius 1 is 1.25 bits per heavy atom. The first-order valence-corrected chi connectivity index (χ1v) is 9.10. The number of carbonyl (C=O) groups excluding carboxylic acids is 1. The van der Waals surface area contributed by atoms with Crippen LogP contribution in [-0.2, 0) is 23.7 Å². The number of ether oxygens (including phenoxy) is 4. The number of hydrogen-bond acceptors (Lipinski definition) is 5. The minimum atomic E-state index is -0.703. The molecular weight excluding hydrogens is 308 g/mol. The Morgan fingerprint density at radius 2 is 2.00 bits per heavy atom. The Bertz CT molecular complexity index is 482. The molecule has 5 nitrogen and oxygen atoms in total. The van der Waals surface area contributed by atoms with Crippen molar-refractivity contribution < 1.29 is 23.7 Å². The van der Waals surface area contributed by atoms with Gasteiger partial charge in [-0.2, -0.15) is 0 Å². The van der Waals surface area contributed by atoms with Gasteiger partial charge in [0.25, 0.3) is 0 Å². The van der Waals surface area contributed by atoms with Gasteiger partial charge in [0.15, 0.2) is 5.79 Å². The third-order valence-electron chi connectivity index (χ3n) is 6.30. The highest BCUT2D eigenvalue weighted by atomic mass is 16.7. The Morgan fingerprint density at radius 3 is 2.71 bits per heavy atom. The molecule has 1 heterocycles. The molecule has 136 valence electrons. The lowest BCUT2D eigenvalue weighted by Crippen LogP contribution is -2.55. The quantitative estimate of drug-likeness (QED) is 0.438. The van der Waals surface area contributed by atoms with E-state index in [1.165, 1.54) is 5.57 Å². The number of allylic oxidation sites excluding steroid dienone is 1. The van der Waals surface area contributed by atoms with Crippen LogP contribution < -0.4 is 0 Å². The van der Waals surface area contributed by atoms with Gasteiger partial charge in [-0.1, -0.05) is 19.1 Å². The minimum absolute atomic E-state index is 0.0744. The zero-order chi connectivity index (χ0) is 17.2. The van der Waals surface area contributed by atoms with E-state index < -0.39 is 5.79 Å². The normalized spacial score (nSPS) is 35.9. The van der Waals surface area contributed by atoms with Crippen LogP contribution in [0.2, 0.25) is 0 Å². The van der Waals surface area contributed by atoms with Crippen LogP contribution in [0.5, 0.6) is 0 Å². The number of Topliss-reactive ketones (excluding diaryl/α,β-unsaturated/α-hetero) is 1. The number of hydrogen-bond donors (Lipinski definition) is 0. The Balaban J connectivity index is 1.86. The molecule has 2 aliphatic carbocycles. The molecule has 0 aromatic rings. The standard InChI is InChI=1S/C19H30O5/c1-14-5-4-6-17(20)16-12-18(14,7-8-22-13-21-3)15(2)11-19(16)23-9-10-24-19/h15-16H,1,4-13H2,2-3H3/t15?,16?,18-/m0/s1. The SMILES string of the molecule is C=C1CCCC(=O)C2C[C@]1(CCOCOC)C(C)CC21OCCO1. The van der Waals surface area contributed by atoms with Crippen LogP contribution in [0.1, 0.15) is 45.4 Å². The summed E-state index contributed by atoms with van der Waals surface area (Å²) in [5, 5.41) is 0. The van der Waals surface area contributed by atoms with Gasteiger partial charge in [-0.15, -0.1) is 0 Å². The predicted molar refractivity (Wildman–Crippen MR) is 89.4 cm³/mol. The zero-order valence-electron chi connectivity index (χ0n) is 15.0. The van der Waals surface area contributed by atoms with E-state index in [2.05, 4.69) is 13.5 Å². The molecule has 5 heteroatoms. The first kappa shape index (κ1) is 18.1. The van der Waals surface area contributed by atoms with E-state index in [1.807, 2.05) is 0 Å². The first-order chi connectivity index (χ1) is 11.5. The lowest BCUT2D eigenvalue weighted by molar-refractivity contribution is -0.236. The molecule has 1 spiro atoms. The molecule has 0 radical (unpaired) electrons. The summed E-state index contributed by atoms with van der Waals surface area (Å²) >= 11 is 0. The second-order valence-corrected chi connectivity index (χ2v) is 7.51. The molecule has 24 heavy (non-hydrogen) atoms. The number of rotatable bonds is 5. The van der Waals surface area contributed by atoms with Crippen LogP contribution >= 0.6 is 0 Å². The Labute approximate surface area is 144 Å². The maximum Gasteiger partial charge on any atom is 0.178 e. The summed E-state index contributed by atoms with van der Waals surface area (Å²) in [6, 6.07) is 0. The summed E-state index contributed by atoms with van der Waals surface area (Å²) in [4.78, 5) is 12.8. The average molecular weight is 338 g/mol. The number of methoxy groups -OCH3 is 1. The minimum Gasteiger partial charge on any atom is -0.359 e. The summed E-state index contributed by atoms with van der Waals surface area (Å²) in [5.74, 6) is -0.254. The van der Waals surface area contributed by atoms with Crippen LogP contribution in [0.25, 0.3) is 0 Å². The first-order valence-electron chi connectivity index (χ1n) is 9.10. The largest absolute Gasteiger partial charge is 0.359 e. The highest BCUT2D eigenvalue weighted by Crippen LogP contribution is 2.58. The second-order valence-electron chi connectivity index (χ2n) is 7.51. The van der Waals surface area contributed by atoms with Gasteiger partial charge < -0.3 is 18.9 Å². The number of ketones is 1. The summed E-state index contributed by atoms with van der Waals surface area (Å²) < 4.78 is 22.6. The van der Waals surface area contributed by atoms with E-state index >= 15 is 0 Å². The maximum atomic E-state index is 12.8. The third-order valence-corrected chi connectivity index (χ3v) is 6.30. The van der Waals surface area contributed by atoms with Crippen molar-refractivity contribution in [2.24, 2.45) is 17.3 Å². The summed E-state index contributed by atoms with van der Waals surface area (Å²) in [5.41, 5.74) is 1.19. The lowest BCUT2D eigenvalue weighted by atomic mass is 9.54. The van der Waals surface area contributed by atoms with Crippen molar-refractivity contribution in [2.75, 3.05) is 33.7 Å². The number of fused-ring (bicyclic) bond motifs is 3. The fraction of sp³-hybridized carbons (Fsp3) is 0.842. The molecule has 3 fully saturated rings. The smallest absolute Gasteiger partial charge is 0.178 e. The monoisotopic (exact) mass is 338 g/mol. The van der Waals surface area contributed by atoms with Crippen molar-refractivity contribution in [3.05, 3.63) is 12.2 Å². The highest BCUT2D eigenvalue weighted by molar-refractivity contribution is 5.82. The molecule has 0 aromatic heterocycles. The lowest BCUT2D eigenvalue weighted by Gasteiger charge is -2.54. The Kier molecular flexibility index (Phi) is 5.45. The molecule has 2 bridgehead atoms. The number of carbonyl (C=O) groups is 1. The molecule has 0 aromatic carbocycles. The molecule has 0 amide bonds.